The summed E-state index contributed by atoms with van der Waals surface area (Å²) in [5.74, 6) is -0.215. The Hall–Kier alpha value is -0.810. The summed E-state index contributed by atoms with van der Waals surface area (Å²) in [6.45, 7) is 9.04. The second-order valence-corrected chi connectivity index (χ2v) is 6.00. The van der Waals surface area contributed by atoms with Gasteiger partial charge in [-0.15, -0.1) is 12.4 Å². The van der Waals surface area contributed by atoms with Crippen molar-refractivity contribution in [2.24, 2.45) is 5.41 Å². The van der Waals surface area contributed by atoms with Crippen molar-refractivity contribution in [2.75, 3.05) is 13.1 Å². The normalized spacial score (nSPS) is 20.9. The molecule has 1 fully saturated rings. The Labute approximate surface area is 121 Å². The van der Waals surface area contributed by atoms with E-state index in [1.54, 1.807) is 6.92 Å². The van der Waals surface area contributed by atoms with Crippen LogP contribution < -0.4 is 16.0 Å². The molecule has 1 rings (SSSR count). The maximum absolute atomic E-state index is 11.9. The van der Waals surface area contributed by atoms with Gasteiger partial charge >= 0.3 is 0 Å². The van der Waals surface area contributed by atoms with Crippen LogP contribution >= 0.6 is 12.4 Å². The highest BCUT2D eigenvalue weighted by Gasteiger charge is 2.26. The van der Waals surface area contributed by atoms with Gasteiger partial charge in [-0.3, -0.25) is 9.59 Å². The molecule has 1 aliphatic rings. The summed E-state index contributed by atoms with van der Waals surface area (Å²) in [6.07, 6.45) is 2.08. The quantitative estimate of drug-likeness (QED) is 0.721. The van der Waals surface area contributed by atoms with Crippen LogP contribution in [0, 0.1) is 5.41 Å². The number of piperidine rings is 1. The SMILES string of the molecule is CC(NC(=O)C(C)(C)C)C(=O)NC1CCCNC1.Cl. The second-order valence-electron chi connectivity index (χ2n) is 6.00. The topological polar surface area (TPSA) is 70.2 Å². The van der Waals surface area contributed by atoms with Gasteiger partial charge in [0.1, 0.15) is 6.04 Å². The summed E-state index contributed by atoms with van der Waals surface area (Å²) in [4.78, 5) is 23.7. The third-order valence-electron chi connectivity index (χ3n) is 3.07. The molecule has 0 spiro atoms. The monoisotopic (exact) mass is 291 g/mol. The molecule has 0 aromatic carbocycles. The van der Waals surface area contributed by atoms with Gasteiger partial charge in [0.25, 0.3) is 0 Å². The fourth-order valence-corrected chi connectivity index (χ4v) is 1.78. The van der Waals surface area contributed by atoms with Gasteiger partial charge in [0.15, 0.2) is 0 Å². The Morgan fingerprint density at radius 1 is 1.32 bits per heavy atom. The van der Waals surface area contributed by atoms with Crippen molar-refractivity contribution >= 4 is 24.2 Å². The predicted octanol–water partition coefficient (Wildman–Crippen LogP) is 0.827. The van der Waals surface area contributed by atoms with Crippen LogP contribution in [-0.2, 0) is 9.59 Å². The number of halogens is 1. The van der Waals surface area contributed by atoms with Gasteiger partial charge in [-0.25, -0.2) is 0 Å². The van der Waals surface area contributed by atoms with E-state index in [9.17, 15) is 9.59 Å². The minimum Gasteiger partial charge on any atom is -0.350 e. The lowest BCUT2D eigenvalue weighted by Crippen LogP contribution is -2.53. The molecule has 0 aromatic heterocycles. The van der Waals surface area contributed by atoms with Gasteiger partial charge < -0.3 is 16.0 Å². The van der Waals surface area contributed by atoms with E-state index in [0.717, 1.165) is 25.9 Å². The molecular weight excluding hydrogens is 266 g/mol. The molecule has 19 heavy (non-hydrogen) atoms. The molecule has 0 aromatic rings. The van der Waals surface area contributed by atoms with Crippen LogP contribution in [0.3, 0.4) is 0 Å². The maximum atomic E-state index is 11.9. The van der Waals surface area contributed by atoms with Gasteiger partial charge in [-0.2, -0.15) is 0 Å². The Bertz CT molecular complexity index is 310. The molecule has 1 saturated heterocycles. The summed E-state index contributed by atoms with van der Waals surface area (Å²) >= 11 is 0. The zero-order valence-electron chi connectivity index (χ0n) is 12.2. The van der Waals surface area contributed by atoms with E-state index < -0.39 is 11.5 Å². The highest BCUT2D eigenvalue weighted by Crippen LogP contribution is 2.12. The molecule has 0 radical (unpaired) electrons. The number of nitrogens with one attached hydrogen (secondary N) is 3. The molecule has 2 unspecified atom stereocenters. The van der Waals surface area contributed by atoms with Gasteiger partial charge in [-0.1, -0.05) is 20.8 Å². The Morgan fingerprint density at radius 3 is 2.42 bits per heavy atom. The van der Waals surface area contributed by atoms with Crippen molar-refractivity contribution in [3.63, 3.8) is 0 Å². The van der Waals surface area contributed by atoms with Crippen molar-refractivity contribution in [2.45, 2.75) is 52.6 Å². The molecule has 5 nitrogen and oxygen atoms in total. The fourth-order valence-electron chi connectivity index (χ4n) is 1.78. The van der Waals surface area contributed by atoms with E-state index in [-0.39, 0.29) is 30.3 Å². The summed E-state index contributed by atoms with van der Waals surface area (Å²) in [5.41, 5.74) is -0.471. The zero-order chi connectivity index (χ0) is 13.8. The van der Waals surface area contributed by atoms with E-state index in [1.807, 2.05) is 20.8 Å². The average molecular weight is 292 g/mol. The number of carbonyl (C=O) groups excluding carboxylic acids is 2. The fraction of sp³-hybridized carbons (Fsp3) is 0.846. The number of hydrogen-bond acceptors (Lipinski definition) is 3. The van der Waals surface area contributed by atoms with Crippen molar-refractivity contribution in [3.05, 3.63) is 0 Å². The van der Waals surface area contributed by atoms with E-state index in [0.29, 0.717) is 0 Å². The van der Waals surface area contributed by atoms with Crippen molar-refractivity contribution in [1.29, 1.82) is 0 Å². The number of amides is 2. The summed E-state index contributed by atoms with van der Waals surface area (Å²) < 4.78 is 0. The highest BCUT2D eigenvalue weighted by molar-refractivity contribution is 5.89. The zero-order valence-corrected chi connectivity index (χ0v) is 13.0. The average Bonchev–Trinajstić information content (AvgIpc) is 2.28. The Balaban J connectivity index is 0.00000324. The minimum absolute atomic E-state index is 0. The van der Waals surface area contributed by atoms with Crippen LogP contribution in [0.4, 0.5) is 0 Å². The molecule has 0 saturated carbocycles. The maximum Gasteiger partial charge on any atom is 0.242 e. The third-order valence-corrected chi connectivity index (χ3v) is 3.07. The molecule has 3 N–H and O–H groups in total. The number of carbonyl (C=O) groups is 2. The van der Waals surface area contributed by atoms with Crippen molar-refractivity contribution in [3.8, 4) is 0 Å². The molecule has 1 aliphatic heterocycles. The van der Waals surface area contributed by atoms with E-state index in [4.69, 9.17) is 0 Å². The smallest absolute Gasteiger partial charge is 0.242 e. The van der Waals surface area contributed by atoms with Crippen LogP contribution in [0.5, 0.6) is 0 Å². The van der Waals surface area contributed by atoms with Crippen molar-refractivity contribution in [1.82, 2.24) is 16.0 Å². The summed E-state index contributed by atoms with van der Waals surface area (Å²) in [6, 6.07) is -0.307. The summed E-state index contributed by atoms with van der Waals surface area (Å²) in [7, 11) is 0. The molecule has 0 aliphatic carbocycles. The Kier molecular flexibility index (Phi) is 7.37. The van der Waals surface area contributed by atoms with E-state index in [2.05, 4.69) is 16.0 Å². The molecule has 2 amide bonds. The lowest BCUT2D eigenvalue weighted by atomic mass is 9.95. The minimum atomic E-state index is -0.487. The van der Waals surface area contributed by atoms with E-state index in [1.165, 1.54) is 0 Å². The number of rotatable bonds is 3. The van der Waals surface area contributed by atoms with Crippen LogP contribution in [0.2, 0.25) is 0 Å². The summed E-state index contributed by atoms with van der Waals surface area (Å²) in [5, 5.41) is 8.94. The molecule has 0 bridgehead atoms. The molecule has 2 atom stereocenters. The first-order valence-electron chi connectivity index (χ1n) is 6.63. The lowest BCUT2D eigenvalue weighted by molar-refractivity contribution is -0.133. The first kappa shape index (κ1) is 18.2. The lowest BCUT2D eigenvalue weighted by Gasteiger charge is -2.26. The standard InChI is InChI=1S/C13H25N3O2.ClH/c1-9(15-12(18)13(2,3)4)11(17)16-10-6-5-7-14-8-10;/h9-10,14H,5-8H2,1-4H3,(H,15,18)(H,16,17);1H. The van der Waals surface area contributed by atoms with E-state index >= 15 is 0 Å². The molecule has 112 valence electrons. The Morgan fingerprint density at radius 2 is 1.95 bits per heavy atom. The second kappa shape index (κ2) is 7.70. The van der Waals surface area contributed by atoms with Gasteiger partial charge in [0.2, 0.25) is 11.8 Å². The molecule has 1 heterocycles. The van der Waals surface area contributed by atoms with Crippen LogP contribution in [0.1, 0.15) is 40.5 Å². The van der Waals surface area contributed by atoms with Crippen LogP contribution in [0.15, 0.2) is 0 Å². The first-order valence-corrected chi connectivity index (χ1v) is 6.63. The van der Waals surface area contributed by atoms with Crippen molar-refractivity contribution < 1.29 is 9.59 Å². The predicted molar refractivity (Wildman–Crippen MR) is 78.3 cm³/mol. The van der Waals surface area contributed by atoms with Gasteiger partial charge in [-0.05, 0) is 26.3 Å². The third kappa shape index (κ3) is 6.25. The highest BCUT2D eigenvalue weighted by atomic mass is 35.5. The van der Waals surface area contributed by atoms with Gasteiger partial charge in [0.05, 0.1) is 0 Å². The molecular formula is C13H26ClN3O2. The largest absolute Gasteiger partial charge is 0.350 e. The number of hydrogen-bond donors (Lipinski definition) is 3. The first-order chi connectivity index (χ1) is 8.30. The van der Waals surface area contributed by atoms with Crippen LogP contribution in [-0.4, -0.2) is 37.0 Å². The molecule has 6 heteroatoms. The van der Waals surface area contributed by atoms with Crippen LogP contribution in [0.25, 0.3) is 0 Å². The van der Waals surface area contributed by atoms with Gasteiger partial charge in [0, 0.05) is 18.0 Å².